The Bertz CT molecular complexity index is 376. The first kappa shape index (κ1) is 14.0. The van der Waals surface area contributed by atoms with Crippen LogP contribution in [0, 0.1) is 6.92 Å². The number of allylic oxidation sites excluding steroid dienone is 1. The minimum Gasteiger partial charge on any atom is -0.0836 e. The maximum atomic E-state index is 3.78. The minimum atomic E-state index is 0.186. The molecule has 1 rings (SSSR count). The van der Waals surface area contributed by atoms with Gasteiger partial charge in [-0.25, -0.2) is 0 Å². The first-order chi connectivity index (χ1) is 7.64. The van der Waals surface area contributed by atoms with E-state index in [-0.39, 0.29) is 10.8 Å². The van der Waals surface area contributed by atoms with E-state index in [1.165, 1.54) is 16.7 Å². The van der Waals surface area contributed by atoms with Gasteiger partial charge in [0.15, 0.2) is 0 Å². The smallest absolute Gasteiger partial charge is 0.0132 e. The van der Waals surface area contributed by atoms with Crippen molar-refractivity contribution in [2.45, 2.75) is 52.4 Å². The Hall–Kier alpha value is -1.04. The van der Waals surface area contributed by atoms with Gasteiger partial charge in [-0.15, -0.1) is 0 Å². The summed E-state index contributed by atoms with van der Waals surface area (Å²) < 4.78 is 0. The first-order valence-corrected chi connectivity index (χ1v) is 6.26. The second kappa shape index (κ2) is 4.68. The van der Waals surface area contributed by atoms with Crippen LogP contribution < -0.4 is 0 Å². The largest absolute Gasteiger partial charge is 0.0836 e. The van der Waals surface area contributed by atoms with Crippen LogP contribution in [-0.4, -0.2) is 0 Å². The van der Waals surface area contributed by atoms with Crippen LogP contribution in [0.4, 0.5) is 0 Å². The van der Waals surface area contributed by atoms with Crippen molar-refractivity contribution in [3.05, 3.63) is 47.9 Å². The summed E-state index contributed by atoms with van der Waals surface area (Å²) in [6.45, 7) is 17.3. The molecule has 0 saturated carbocycles. The van der Waals surface area contributed by atoms with Crippen LogP contribution in [0.25, 0.3) is 6.08 Å². The standard InChI is InChI=1S/C17H25/c1-8-9-13-10-14(16(2,3)4)12-15(11-13)17(5,6)7/h8-12H,1H2,2-7H3/b9-8+. The second-order valence-electron chi connectivity index (χ2n) is 6.75. The molecule has 0 heterocycles. The zero-order chi connectivity index (χ0) is 13.3. The highest BCUT2D eigenvalue weighted by Gasteiger charge is 2.19. The molecular weight excluding hydrogens is 204 g/mol. The highest BCUT2D eigenvalue weighted by molar-refractivity contribution is 5.54. The Morgan fingerprint density at radius 2 is 1.24 bits per heavy atom. The molecule has 0 aliphatic rings. The Kier molecular flexibility index (Phi) is 3.86. The molecule has 0 atom stereocenters. The van der Waals surface area contributed by atoms with Gasteiger partial charge >= 0.3 is 0 Å². The summed E-state index contributed by atoms with van der Waals surface area (Å²) in [5.41, 5.74) is 4.39. The molecule has 0 aromatic heterocycles. The Labute approximate surface area is 107 Å². The van der Waals surface area contributed by atoms with Crippen LogP contribution >= 0.6 is 0 Å². The monoisotopic (exact) mass is 229 g/mol. The summed E-state index contributed by atoms with van der Waals surface area (Å²) in [6.07, 6.45) is 3.93. The lowest BCUT2D eigenvalue weighted by Crippen LogP contribution is -2.16. The summed E-state index contributed by atoms with van der Waals surface area (Å²) in [4.78, 5) is 0. The van der Waals surface area contributed by atoms with Gasteiger partial charge in [-0.05, 0) is 34.4 Å². The molecule has 0 aliphatic carbocycles. The second-order valence-corrected chi connectivity index (χ2v) is 6.75. The average molecular weight is 229 g/mol. The normalized spacial score (nSPS) is 13.4. The van der Waals surface area contributed by atoms with E-state index in [4.69, 9.17) is 0 Å². The van der Waals surface area contributed by atoms with E-state index >= 15 is 0 Å². The minimum absolute atomic E-state index is 0.186. The van der Waals surface area contributed by atoms with Crippen molar-refractivity contribution in [3.8, 4) is 0 Å². The summed E-state index contributed by atoms with van der Waals surface area (Å²) in [6, 6.07) is 6.86. The molecule has 0 nitrogen and oxygen atoms in total. The predicted octanol–water partition coefficient (Wildman–Crippen LogP) is 5.13. The van der Waals surface area contributed by atoms with E-state index in [0.717, 1.165) is 0 Å². The van der Waals surface area contributed by atoms with Crippen LogP contribution in [0.3, 0.4) is 0 Å². The number of hydrogen-bond acceptors (Lipinski definition) is 0. The van der Waals surface area contributed by atoms with Crippen molar-refractivity contribution >= 4 is 6.08 Å². The Morgan fingerprint density at radius 3 is 1.53 bits per heavy atom. The zero-order valence-corrected chi connectivity index (χ0v) is 12.1. The third-order valence-electron chi connectivity index (χ3n) is 3.00. The van der Waals surface area contributed by atoms with Crippen molar-refractivity contribution in [2.24, 2.45) is 0 Å². The SMILES string of the molecule is [CH2]/C=C/c1cc(C(C)(C)C)cc(C(C)(C)C)c1. The molecule has 0 fully saturated rings. The van der Waals surface area contributed by atoms with E-state index in [1.54, 1.807) is 0 Å². The fraction of sp³-hybridized carbons (Fsp3) is 0.471. The van der Waals surface area contributed by atoms with Gasteiger partial charge in [0.2, 0.25) is 0 Å². The van der Waals surface area contributed by atoms with Crippen molar-refractivity contribution in [3.63, 3.8) is 0 Å². The number of rotatable bonds is 1. The van der Waals surface area contributed by atoms with E-state index < -0.39 is 0 Å². The Balaban J connectivity index is 3.39. The maximum Gasteiger partial charge on any atom is -0.0132 e. The van der Waals surface area contributed by atoms with Crippen molar-refractivity contribution in [1.29, 1.82) is 0 Å². The van der Waals surface area contributed by atoms with Crippen molar-refractivity contribution in [2.75, 3.05) is 0 Å². The molecule has 0 aliphatic heterocycles. The zero-order valence-electron chi connectivity index (χ0n) is 12.1. The van der Waals surface area contributed by atoms with Crippen LogP contribution in [0.1, 0.15) is 58.2 Å². The lowest BCUT2D eigenvalue weighted by atomic mass is 9.79. The molecule has 0 amide bonds. The van der Waals surface area contributed by atoms with Gasteiger partial charge < -0.3 is 0 Å². The number of benzene rings is 1. The van der Waals surface area contributed by atoms with Crippen LogP contribution in [0.5, 0.6) is 0 Å². The molecular formula is C17H25. The van der Waals surface area contributed by atoms with Crippen LogP contribution in [0.2, 0.25) is 0 Å². The van der Waals surface area contributed by atoms with Crippen LogP contribution in [0.15, 0.2) is 24.3 Å². The van der Waals surface area contributed by atoms with Gasteiger partial charge in [-0.2, -0.15) is 0 Å². The molecule has 17 heavy (non-hydrogen) atoms. The lowest BCUT2D eigenvalue weighted by Gasteiger charge is -2.25. The molecule has 0 saturated heterocycles. The first-order valence-electron chi connectivity index (χ1n) is 6.26. The molecule has 0 spiro atoms. The molecule has 0 N–H and O–H groups in total. The van der Waals surface area contributed by atoms with E-state index in [1.807, 2.05) is 6.08 Å². The fourth-order valence-corrected chi connectivity index (χ4v) is 1.75. The summed E-state index contributed by atoms with van der Waals surface area (Å²) in [5.74, 6) is 0. The third kappa shape index (κ3) is 3.73. The number of hydrogen-bond donors (Lipinski definition) is 0. The third-order valence-corrected chi connectivity index (χ3v) is 3.00. The molecule has 1 aromatic carbocycles. The van der Waals surface area contributed by atoms with Crippen molar-refractivity contribution in [1.82, 2.24) is 0 Å². The fourth-order valence-electron chi connectivity index (χ4n) is 1.75. The highest BCUT2D eigenvalue weighted by Crippen LogP contribution is 2.30. The molecule has 1 radical (unpaired) electrons. The van der Waals surface area contributed by atoms with Gasteiger partial charge in [0.05, 0.1) is 0 Å². The maximum absolute atomic E-state index is 3.78. The van der Waals surface area contributed by atoms with E-state index in [2.05, 4.69) is 72.7 Å². The van der Waals surface area contributed by atoms with Gasteiger partial charge in [-0.1, -0.05) is 71.9 Å². The lowest BCUT2D eigenvalue weighted by molar-refractivity contribution is 0.568. The molecule has 0 bridgehead atoms. The molecule has 0 heteroatoms. The summed E-state index contributed by atoms with van der Waals surface area (Å²) in [5, 5.41) is 0. The highest BCUT2D eigenvalue weighted by atomic mass is 14.2. The summed E-state index contributed by atoms with van der Waals surface area (Å²) >= 11 is 0. The average Bonchev–Trinajstić information content (AvgIpc) is 2.15. The van der Waals surface area contributed by atoms with E-state index in [9.17, 15) is 0 Å². The Morgan fingerprint density at radius 1 is 0.824 bits per heavy atom. The van der Waals surface area contributed by atoms with Gasteiger partial charge in [0, 0.05) is 0 Å². The predicted molar refractivity (Wildman–Crippen MR) is 78.2 cm³/mol. The topological polar surface area (TPSA) is 0 Å². The quantitative estimate of drug-likeness (QED) is 0.626. The van der Waals surface area contributed by atoms with Gasteiger partial charge in [-0.3, -0.25) is 0 Å². The molecule has 0 unspecified atom stereocenters. The van der Waals surface area contributed by atoms with Gasteiger partial charge in [0.1, 0.15) is 0 Å². The molecule has 93 valence electrons. The van der Waals surface area contributed by atoms with E-state index in [0.29, 0.717) is 0 Å². The van der Waals surface area contributed by atoms with Crippen LogP contribution in [-0.2, 0) is 10.8 Å². The van der Waals surface area contributed by atoms with Gasteiger partial charge in [0.25, 0.3) is 0 Å². The summed E-state index contributed by atoms with van der Waals surface area (Å²) in [7, 11) is 0. The van der Waals surface area contributed by atoms with Crippen molar-refractivity contribution < 1.29 is 0 Å². The molecule has 1 aromatic rings.